The summed E-state index contributed by atoms with van der Waals surface area (Å²) in [6.07, 6.45) is 1.47. The molecule has 1 amide bonds. The fraction of sp³-hybridized carbons (Fsp3) is 0.556. The van der Waals surface area contributed by atoms with Crippen LogP contribution in [0.1, 0.15) is 17.3 Å². The van der Waals surface area contributed by atoms with E-state index in [-0.39, 0.29) is 5.91 Å². The molecule has 0 aliphatic heterocycles. The van der Waals surface area contributed by atoms with Gasteiger partial charge in [-0.3, -0.25) is 4.79 Å². The number of methoxy groups -OCH3 is 1. The van der Waals surface area contributed by atoms with Gasteiger partial charge in [-0.2, -0.15) is 5.10 Å². The Labute approximate surface area is 88.4 Å². The summed E-state index contributed by atoms with van der Waals surface area (Å²) in [5, 5.41) is 6.66. The van der Waals surface area contributed by atoms with E-state index in [4.69, 9.17) is 10.5 Å². The normalized spacial score (nSPS) is 10.3. The van der Waals surface area contributed by atoms with Gasteiger partial charge in [-0.1, -0.05) is 0 Å². The minimum absolute atomic E-state index is 0.218. The first-order chi connectivity index (χ1) is 7.20. The van der Waals surface area contributed by atoms with Crippen LogP contribution in [0.5, 0.6) is 0 Å². The lowest BCUT2D eigenvalue weighted by Crippen LogP contribution is -2.27. The van der Waals surface area contributed by atoms with Crippen molar-refractivity contribution in [3.8, 4) is 0 Å². The van der Waals surface area contributed by atoms with Crippen LogP contribution in [0.4, 0.5) is 5.82 Å². The molecule has 6 nitrogen and oxygen atoms in total. The number of nitrogens with zero attached hydrogens (tertiary/aromatic N) is 2. The molecule has 84 valence electrons. The quantitative estimate of drug-likeness (QED) is 0.666. The number of anilines is 1. The number of amides is 1. The molecule has 0 bridgehead atoms. The van der Waals surface area contributed by atoms with E-state index in [9.17, 15) is 4.79 Å². The zero-order valence-corrected chi connectivity index (χ0v) is 8.99. The maximum atomic E-state index is 11.6. The monoisotopic (exact) mass is 212 g/mol. The molecule has 0 saturated heterocycles. The van der Waals surface area contributed by atoms with Gasteiger partial charge in [0.25, 0.3) is 5.91 Å². The summed E-state index contributed by atoms with van der Waals surface area (Å²) < 4.78 is 6.39. The second-order valence-electron chi connectivity index (χ2n) is 3.01. The van der Waals surface area contributed by atoms with Gasteiger partial charge in [0.1, 0.15) is 11.4 Å². The number of aryl methyl sites for hydroxylation is 1. The molecule has 0 aromatic carbocycles. The summed E-state index contributed by atoms with van der Waals surface area (Å²) >= 11 is 0. The van der Waals surface area contributed by atoms with Gasteiger partial charge in [-0.05, 0) is 6.92 Å². The van der Waals surface area contributed by atoms with Crippen LogP contribution < -0.4 is 11.1 Å². The summed E-state index contributed by atoms with van der Waals surface area (Å²) in [6, 6.07) is 0. The fourth-order valence-corrected chi connectivity index (χ4v) is 1.18. The maximum Gasteiger partial charge on any atom is 0.256 e. The Morgan fingerprint density at radius 2 is 2.47 bits per heavy atom. The smallest absolute Gasteiger partial charge is 0.256 e. The van der Waals surface area contributed by atoms with Crippen molar-refractivity contribution in [1.29, 1.82) is 0 Å². The standard InChI is InChI=1S/C9H16N4O2/c1-3-13-8(10)7(6-12-13)9(14)11-4-5-15-2/h6H,3-5,10H2,1-2H3,(H,11,14). The first-order valence-electron chi connectivity index (χ1n) is 4.79. The van der Waals surface area contributed by atoms with Crippen molar-refractivity contribution in [2.45, 2.75) is 13.5 Å². The van der Waals surface area contributed by atoms with Gasteiger partial charge >= 0.3 is 0 Å². The van der Waals surface area contributed by atoms with Crippen LogP contribution in [-0.4, -0.2) is 35.9 Å². The molecule has 0 radical (unpaired) electrons. The van der Waals surface area contributed by atoms with Gasteiger partial charge in [0.05, 0.1) is 12.8 Å². The number of carbonyl (C=O) groups excluding carboxylic acids is 1. The lowest BCUT2D eigenvalue weighted by molar-refractivity contribution is 0.0938. The average Bonchev–Trinajstić information content (AvgIpc) is 2.60. The first kappa shape index (κ1) is 11.5. The summed E-state index contributed by atoms with van der Waals surface area (Å²) in [5.41, 5.74) is 6.14. The predicted octanol–water partition coefficient (Wildman–Crippen LogP) is -0.139. The maximum absolute atomic E-state index is 11.6. The minimum Gasteiger partial charge on any atom is -0.383 e. The molecule has 0 spiro atoms. The molecule has 15 heavy (non-hydrogen) atoms. The Morgan fingerprint density at radius 3 is 3.00 bits per heavy atom. The summed E-state index contributed by atoms with van der Waals surface area (Å²) in [4.78, 5) is 11.6. The highest BCUT2D eigenvalue weighted by atomic mass is 16.5. The minimum atomic E-state index is -0.218. The number of aromatic nitrogens is 2. The fourth-order valence-electron chi connectivity index (χ4n) is 1.18. The van der Waals surface area contributed by atoms with Crippen LogP contribution in [0.25, 0.3) is 0 Å². The molecule has 1 aromatic heterocycles. The molecule has 0 aliphatic rings. The van der Waals surface area contributed by atoms with Crippen molar-refractivity contribution in [2.75, 3.05) is 26.0 Å². The lowest BCUT2D eigenvalue weighted by Gasteiger charge is -2.04. The second kappa shape index (κ2) is 5.35. The van der Waals surface area contributed by atoms with Crippen LogP contribution in [-0.2, 0) is 11.3 Å². The first-order valence-corrected chi connectivity index (χ1v) is 4.79. The number of nitrogen functional groups attached to an aromatic ring is 1. The highest BCUT2D eigenvalue weighted by molar-refractivity contribution is 5.98. The van der Waals surface area contributed by atoms with Crippen molar-refractivity contribution in [3.63, 3.8) is 0 Å². The van der Waals surface area contributed by atoms with E-state index in [0.29, 0.717) is 31.1 Å². The summed E-state index contributed by atoms with van der Waals surface area (Å²) in [5.74, 6) is 0.177. The zero-order valence-electron chi connectivity index (χ0n) is 8.99. The molecule has 6 heteroatoms. The van der Waals surface area contributed by atoms with Gasteiger partial charge in [-0.25, -0.2) is 4.68 Å². The van der Waals surface area contributed by atoms with Crippen LogP contribution >= 0.6 is 0 Å². The molecule has 1 rings (SSSR count). The molecule has 0 unspecified atom stereocenters. The third-order valence-electron chi connectivity index (χ3n) is 2.02. The topological polar surface area (TPSA) is 82.2 Å². The zero-order chi connectivity index (χ0) is 11.3. The average molecular weight is 212 g/mol. The number of nitrogens with one attached hydrogen (secondary N) is 1. The number of rotatable bonds is 5. The van der Waals surface area contributed by atoms with Crippen molar-refractivity contribution in [3.05, 3.63) is 11.8 Å². The van der Waals surface area contributed by atoms with Crippen molar-refractivity contribution in [1.82, 2.24) is 15.1 Å². The summed E-state index contributed by atoms with van der Waals surface area (Å²) in [7, 11) is 1.58. The lowest BCUT2D eigenvalue weighted by atomic mass is 10.3. The largest absolute Gasteiger partial charge is 0.383 e. The van der Waals surface area contributed by atoms with Crippen LogP contribution in [0.3, 0.4) is 0 Å². The second-order valence-corrected chi connectivity index (χ2v) is 3.01. The molecule has 0 aliphatic carbocycles. The van der Waals surface area contributed by atoms with Gasteiger partial charge in [0, 0.05) is 20.2 Å². The number of hydrogen-bond acceptors (Lipinski definition) is 4. The predicted molar refractivity (Wildman–Crippen MR) is 56.5 cm³/mol. The van der Waals surface area contributed by atoms with E-state index in [0.717, 1.165) is 0 Å². The Bertz CT molecular complexity index is 335. The van der Waals surface area contributed by atoms with Crippen molar-refractivity contribution in [2.24, 2.45) is 0 Å². The van der Waals surface area contributed by atoms with E-state index >= 15 is 0 Å². The van der Waals surface area contributed by atoms with Crippen LogP contribution in [0, 0.1) is 0 Å². The SMILES string of the molecule is CCn1ncc(C(=O)NCCOC)c1N. The van der Waals surface area contributed by atoms with Gasteiger partial charge in [0.15, 0.2) is 0 Å². The van der Waals surface area contributed by atoms with E-state index in [1.807, 2.05) is 6.92 Å². The van der Waals surface area contributed by atoms with Gasteiger partial charge in [0.2, 0.25) is 0 Å². The van der Waals surface area contributed by atoms with Gasteiger partial charge in [-0.15, -0.1) is 0 Å². The van der Waals surface area contributed by atoms with Crippen LogP contribution in [0.15, 0.2) is 6.20 Å². The molecule has 0 atom stereocenters. The Hall–Kier alpha value is -1.56. The third-order valence-corrected chi connectivity index (χ3v) is 2.02. The molecule has 0 saturated carbocycles. The Morgan fingerprint density at radius 1 is 1.73 bits per heavy atom. The highest BCUT2D eigenvalue weighted by Gasteiger charge is 2.13. The molecular weight excluding hydrogens is 196 g/mol. The molecule has 1 heterocycles. The molecule has 1 aromatic rings. The van der Waals surface area contributed by atoms with Crippen molar-refractivity contribution < 1.29 is 9.53 Å². The molecule has 3 N–H and O–H groups in total. The van der Waals surface area contributed by atoms with Crippen LogP contribution in [0.2, 0.25) is 0 Å². The van der Waals surface area contributed by atoms with Gasteiger partial charge < -0.3 is 15.8 Å². The summed E-state index contributed by atoms with van der Waals surface area (Å²) in [6.45, 7) is 3.51. The van der Waals surface area contributed by atoms with E-state index < -0.39 is 0 Å². The molecular formula is C9H16N4O2. The highest BCUT2D eigenvalue weighted by Crippen LogP contribution is 2.09. The number of hydrogen-bond donors (Lipinski definition) is 2. The van der Waals surface area contributed by atoms with E-state index in [1.54, 1.807) is 11.8 Å². The van der Waals surface area contributed by atoms with E-state index in [2.05, 4.69) is 10.4 Å². The number of carbonyl (C=O) groups is 1. The Balaban J connectivity index is 2.61. The number of nitrogens with two attached hydrogens (primary N) is 1. The number of ether oxygens (including phenoxy) is 1. The Kier molecular flexibility index (Phi) is 4.11. The molecule has 0 fully saturated rings. The van der Waals surface area contributed by atoms with Crippen molar-refractivity contribution >= 4 is 11.7 Å². The third kappa shape index (κ3) is 2.69. The van der Waals surface area contributed by atoms with E-state index in [1.165, 1.54) is 6.20 Å².